The summed E-state index contributed by atoms with van der Waals surface area (Å²) in [7, 11) is 0. The maximum atomic E-state index is 10.6. The number of aryl methyl sites for hydroxylation is 1. The van der Waals surface area contributed by atoms with Crippen molar-refractivity contribution in [2.45, 2.75) is 19.1 Å². The molecule has 0 spiro atoms. The van der Waals surface area contributed by atoms with E-state index in [4.69, 9.17) is 19.5 Å². The molecule has 29 heavy (non-hydrogen) atoms. The summed E-state index contributed by atoms with van der Waals surface area (Å²) in [6.45, 7) is 2.32. The summed E-state index contributed by atoms with van der Waals surface area (Å²) in [5.74, 6) is 1.90. The zero-order valence-corrected chi connectivity index (χ0v) is 16.7. The number of nitriles is 1. The number of nitrogens with zero attached hydrogens (tertiary/aromatic N) is 2. The van der Waals surface area contributed by atoms with Gasteiger partial charge in [0, 0.05) is 17.7 Å². The van der Waals surface area contributed by atoms with Gasteiger partial charge in [-0.2, -0.15) is 5.26 Å². The van der Waals surface area contributed by atoms with E-state index in [1.54, 1.807) is 12.1 Å². The number of rotatable bonds is 9. The van der Waals surface area contributed by atoms with E-state index >= 15 is 0 Å². The second kappa shape index (κ2) is 9.80. The van der Waals surface area contributed by atoms with Crippen LogP contribution in [0.4, 0.5) is 0 Å². The molecule has 0 radical (unpaired) electrons. The molecule has 3 aromatic rings. The summed E-state index contributed by atoms with van der Waals surface area (Å²) < 4.78 is 11.6. The van der Waals surface area contributed by atoms with Crippen molar-refractivity contribution in [3.63, 3.8) is 0 Å². The molecule has 0 unspecified atom stereocenters. The van der Waals surface area contributed by atoms with E-state index in [0.29, 0.717) is 30.2 Å². The van der Waals surface area contributed by atoms with E-state index in [9.17, 15) is 4.79 Å². The third-order valence-corrected chi connectivity index (χ3v) is 5.14. The van der Waals surface area contributed by atoms with E-state index in [1.165, 1.54) is 11.8 Å². The zero-order chi connectivity index (χ0) is 20.6. The third kappa shape index (κ3) is 5.87. The normalized spacial score (nSPS) is 10.5. The quantitative estimate of drug-likeness (QED) is 0.558. The van der Waals surface area contributed by atoms with Gasteiger partial charge in [-0.1, -0.05) is 12.1 Å². The van der Waals surface area contributed by atoms with Gasteiger partial charge in [-0.25, -0.2) is 4.98 Å². The van der Waals surface area contributed by atoms with Gasteiger partial charge in [0.1, 0.15) is 11.5 Å². The number of aliphatic carboxylic acids is 1. The monoisotopic (exact) mass is 408 g/mol. The first-order valence-electron chi connectivity index (χ1n) is 9.03. The Kier molecular flexibility index (Phi) is 6.93. The van der Waals surface area contributed by atoms with E-state index in [0.717, 1.165) is 28.3 Å². The van der Waals surface area contributed by atoms with Crippen LogP contribution in [0.5, 0.6) is 5.75 Å². The number of benzene rings is 2. The van der Waals surface area contributed by atoms with Gasteiger partial charge in [-0.15, -0.1) is 11.8 Å². The van der Waals surface area contributed by atoms with Crippen molar-refractivity contribution < 1.29 is 19.1 Å². The molecular weight excluding hydrogens is 388 g/mol. The molecule has 7 heteroatoms. The Morgan fingerprint density at radius 1 is 1.28 bits per heavy atom. The minimum atomic E-state index is -0.814. The van der Waals surface area contributed by atoms with E-state index in [2.05, 4.69) is 11.1 Å². The number of ether oxygens (including phenoxy) is 1. The summed E-state index contributed by atoms with van der Waals surface area (Å²) in [5, 5.41) is 17.6. The Hall–Kier alpha value is -3.24. The summed E-state index contributed by atoms with van der Waals surface area (Å²) in [6.07, 6.45) is 0.601. The van der Waals surface area contributed by atoms with Crippen LogP contribution in [0.1, 0.15) is 22.6 Å². The largest absolute Gasteiger partial charge is 0.493 e. The van der Waals surface area contributed by atoms with E-state index in [-0.39, 0.29) is 5.75 Å². The molecule has 0 atom stereocenters. The highest BCUT2D eigenvalue weighted by Gasteiger charge is 2.12. The first-order chi connectivity index (χ1) is 14.0. The Morgan fingerprint density at radius 3 is 2.79 bits per heavy atom. The number of carboxylic acid groups (broad SMARTS) is 1. The van der Waals surface area contributed by atoms with Gasteiger partial charge in [-0.3, -0.25) is 4.79 Å². The van der Waals surface area contributed by atoms with Crippen molar-refractivity contribution in [1.82, 2.24) is 4.98 Å². The summed E-state index contributed by atoms with van der Waals surface area (Å²) in [5.41, 5.74) is 3.27. The smallest absolute Gasteiger partial charge is 0.313 e. The molecule has 1 aromatic heterocycles. The Labute approximate surface area is 173 Å². The van der Waals surface area contributed by atoms with Gasteiger partial charge in [-0.05, 0) is 48.9 Å². The Bertz CT molecular complexity index is 1020. The zero-order valence-electron chi connectivity index (χ0n) is 15.9. The van der Waals surface area contributed by atoms with Gasteiger partial charge >= 0.3 is 5.97 Å². The number of hydrogen-bond donors (Lipinski definition) is 1. The van der Waals surface area contributed by atoms with Crippen LogP contribution in [-0.2, 0) is 17.0 Å². The predicted molar refractivity (Wildman–Crippen MR) is 111 cm³/mol. The van der Waals surface area contributed by atoms with Crippen LogP contribution in [0.25, 0.3) is 11.5 Å². The van der Waals surface area contributed by atoms with Crippen LogP contribution in [0.3, 0.4) is 0 Å². The molecule has 1 N–H and O–H groups in total. The number of carbonyl (C=O) groups is 1. The number of oxazole rings is 1. The third-order valence-electron chi connectivity index (χ3n) is 4.15. The van der Waals surface area contributed by atoms with Gasteiger partial charge < -0.3 is 14.3 Å². The van der Waals surface area contributed by atoms with Crippen molar-refractivity contribution in [2.75, 3.05) is 12.4 Å². The lowest BCUT2D eigenvalue weighted by molar-refractivity contribution is -0.133. The van der Waals surface area contributed by atoms with Crippen LogP contribution in [-0.4, -0.2) is 28.4 Å². The van der Waals surface area contributed by atoms with Crippen molar-refractivity contribution in [3.8, 4) is 23.3 Å². The van der Waals surface area contributed by atoms with Crippen LogP contribution < -0.4 is 4.74 Å². The molecule has 0 aliphatic carbocycles. The van der Waals surface area contributed by atoms with Crippen molar-refractivity contribution >= 4 is 17.7 Å². The molecule has 6 nitrogen and oxygen atoms in total. The van der Waals surface area contributed by atoms with E-state index < -0.39 is 5.97 Å². The van der Waals surface area contributed by atoms with Crippen LogP contribution in [0.15, 0.2) is 52.9 Å². The molecule has 0 aliphatic heterocycles. The molecule has 0 fully saturated rings. The molecular formula is C22H20N2O4S. The van der Waals surface area contributed by atoms with Crippen molar-refractivity contribution in [3.05, 3.63) is 71.1 Å². The van der Waals surface area contributed by atoms with Crippen LogP contribution in [0.2, 0.25) is 0 Å². The lowest BCUT2D eigenvalue weighted by atomic mass is 10.1. The SMILES string of the molecule is Cc1oc(-c2ccc(C#N)cc2)nc1CCOc1cccc(CSCC(=O)O)c1. The predicted octanol–water partition coefficient (Wildman–Crippen LogP) is 4.46. The minimum Gasteiger partial charge on any atom is -0.493 e. The highest BCUT2D eigenvalue weighted by molar-refractivity contribution is 7.99. The van der Waals surface area contributed by atoms with Gasteiger partial charge in [0.05, 0.1) is 29.7 Å². The van der Waals surface area contributed by atoms with Crippen molar-refractivity contribution in [1.29, 1.82) is 5.26 Å². The van der Waals surface area contributed by atoms with Gasteiger partial charge in [0.15, 0.2) is 0 Å². The summed E-state index contributed by atoms with van der Waals surface area (Å²) >= 11 is 1.35. The molecule has 148 valence electrons. The Balaban J connectivity index is 1.56. The number of aromatic nitrogens is 1. The molecule has 2 aromatic carbocycles. The summed E-state index contributed by atoms with van der Waals surface area (Å²) in [4.78, 5) is 15.2. The fourth-order valence-corrected chi connectivity index (χ4v) is 3.41. The van der Waals surface area contributed by atoms with E-state index in [1.807, 2.05) is 43.3 Å². The maximum Gasteiger partial charge on any atom is 0.313 e. The molecule has 0 bridgehead atoms. The summed E-state index contributed by atoms with van der Waals surface area (Å²) in [6, 6.07) is 16.8. The minimum absolute atomic E-state index is 0.0814. The number of thioether (sulfide) groups is 1. The topological polar surface area (TPSA) is 96.4 Å². The standard InChI is InChI=1S/C22H20N2O4S/c1-15-20(24-22(28-15)18-7-5-16(12-23)6-8-18)9-10-27-19-4-2-3-17(11-19)13-29-14-21(25)26/h2-8,11H,9-10,13-14H2,1H3,(H,25,26). The average molecular weight is 408 g/mol. The second-order valence-corrected chi connectivity index (χ2v) is 7.33. The molecule has 0 saturated carbocycles. The molecule has 0 aliphatic rings. The number of hydrogen-bond acceptors (Lipinski definition) is 6. The van der Waals surface area contributed by atoms with Gasteiger partial charge in [0.25, 0.3) is 0 Å². The first kappa shape index (κ1) is 20.5. The van der Waals surface area contributed by atoms with Crippen molar-refractivity contribution in [2.24, 2.45) is 0 Å². The first-order valence-corrected chi connectivity index (χ1v) is 10.2. The number of carboxylic acids is 1. The lowest BCUT2D eigenvalue weighted by Crippen LogP contribution is -2.03. The molecule has 0 saturated heterocycles. The molecule has 1 heterocycles. The van der Waals surface area contributed by atoms with Crippen LogP contribution in [0, 0.1) is 18.3 Å². The molecule has 0 amide bonds. The molecule has 3 rings (SSSR count). The second-order valence-electron chi connectivity index (χ2n) is 6.34. The fourth-order valence-electron chi connectivity index (χ4n) is 2.72. The van der Waals surface area contributed by atoms with Gasteiger partial charge in [0.2, 0.25) is 5.89 Å². The Morgan fingerprint density at radius 2 is 2.07 bits per heavy atom. The maximum absolute atomic E-state index is 10.6. The highest BCUT2D eigenvalue weighted by Crippen LogP contribution is 2.23. The van der Waals surface area contributed by atoms with Crippen LogP contribution >= 0.6 is 11.8 Å². The lowest BCUT2D eigenvalue weighted by Gasteiger charge is -2.07. The highest BCUT2D eigenvalue weighted by atomic mass is 32.2. The fraction of sp³-hybridized carbons (Fsp3) is 0.227. The average Bonchev–Trinajstić information content (AvgIpc) is 3.09.